The Balaban J connectivity index is 2.04. The number of nitrogens with one attached hydrogen (secondary N) is 1. The zero-order valence-corrected chi connectivity index (χ0v) is 12.5. The molecule has 1 aromatic heterocycles. The summed E-state index contributed by atoms with van der Waals surface area (Å²) in [7, 11) is 0.499. The van der Waals surface area contributed by atoms with Gasteiger partial charge < -0.3 is 10.2 Å². The van der Waals surface area contributed by atoms with E-state index in [2.05, 4.69) is 10.3 Å². The van der Waals surface area contributed by atoms with Gasteiger partial charge in [0.05, 0.1) is 11.5 Å². The van der Waals surface area contributed by atoms with Crippen LogP contribution in [0.15, 0.2) is 18.3 Å². The summed E-state index contributed by atoms with van der Waals surface area (Å²) in [5, 5.41) is 3.28. The molecule has 0 bridgehead atoms. The van der Waals surface area contributed by atoms with Gasteiger partial charge in [-0.3, -0.25) is 9.78 Å². The number of rotatable bonds is 3. The van der Waals surface area contributed by atoms with Crippen LogP contribution in [0.3, 0.4) is 0 Å². The van der Waals surface area contributed by atoms with Crippen LogP contribution in [0, 0.1) is 0 Å². The number of nitrogens with zero attached hydrogens (tertiary/aromatic N) is 2. The molecule has 0 spiro atoms. The lowest BCUT2D eigenvalue weighted by atomic mass is 10.1. The molecule has 1 saturated heterocycles. The highest BCUT2D eigenvalue weighted by Gasteiger charge is 2.23. The molecule has 0 atom stereocenters. The van der Waals surface area contributed by atoms with Crippen molar-refractivity contribution in [3.8, 4) is 0 Å². The van der Waals surface area contributed by atoms with Crippen LogP contribution >= 0.6 is 0 Å². The molecule has 2 rings (SSSR count). The van der Waals surface area contributed by atoms with E-state index in [1.54, 1.807) is 32.4 Å². The summed E-state index contributed by atoms with van der Waals surface area (Å²) >= 11 is 0. The second-order valence-electron chi connectivity index (χ2n) is 5.20. The molecule has 1 aromatic rings. The van der Waals surface area contributed by atoms with E-state index in [0.29, 0.717) is 18.5 Å². The molecule has 1 fully saturated rings. The zero-order chi connectivity index (χ0) is 14.8. The Morgan fingerprint density at radius 1 is 1.35 bits per heavy atom. The van der Waals surface area contributed by atoms with E-state index >= 15 is 0 Å². The van der Waals surface area contributed by atoms with Crippen molar-refractivity contribution < 1.29 is 13.2 Å². The smallest absolute Gasteiger partial charge is 0.272 e. The largest absolute Gasteiger partial charge is 0.382 e. The molecule has 0 saturated carbocycles. The Hall–Kier alpha value is -1.63. The fraction of sp³-hybridized carbons (Fsp3) is 0.538. The minimum Gasteiger partial charge on any atom is -0.382 e. The third-order valence-corrected chi connectivity index (χ3v) is 5.03. The van der Waals surface area contributed by atoms with Gasteiger partial charge >= 0.3 is 0 Å². The molecular weight excluding hydrogens is 278 g/mol. The van der Waals surface area contributed by atoms with Gasteiger partial charge in [-0.1, -0.05) is 0 Å². The predicted molar refractivity (Wildman–Crippen MR) is 77.6 cm³/mol. The van der Waals surface area contributed by atoms with Gasteiger partial charge in [0.1, 0.15) is 15.5 Å². The Kier molecular flexibility index (Phi) is 4.27. The summed E-state index contributed by atoms with van der Waals surface area (Å²) in [4.78, 5) is 17.4. The number of pyridine rings is 1. The first-order valence-corrected chi connectivity index (χ1v) is 8.34. The number of carbonyl (C=O) groups excluding carboxylic acids is 1. The highest BCUT2D eigenvalue weighted by atomic mass is 32.2. The van der Waals surface area contributed by atoms with E-state index in [0.717, 1.165) is 5.69 Å². The Bertz CT molecular complexity index is 585. The quantitative estimate of drug-likeness (QED) is 0.891. The van der Waals surface area contributed by atoms with Crippen LogP contribution in [0.25, 0.3) is 0 Å². The number of hydrogen-bond donors (Lipinski definition) is 1. The van der Waals surface area contributed by atoms with Gasteiger partial charge in [0.25, 0.3) is 5.91 Å². The second kappa shape index (κ2) is 5.78. The monoisotopic (exact) mass is 297 g/mol. The van der Waals surface area contributed by atoms with Crippen molar-refractivity contribution in [1.29, 1.82) is 0 Å². The van der Waals surface area contributed by atoms with Crippen molar-refractivity contribution >= 4 is 21.4 Å². The van der Waals surface area contributed by atoms with Crippen LogP contribution in [0.1, 0.15) is 23.3 Å². The molecule has 1 amide bonds. The molecule has 110 valence electrons. The average Bonchev–Trinajstić information content (AvgIpc) is 2.40. The van der Waals surface area contributed by atoms with Crippen molar-refractivity contribution in [2.75, 3.05) is 30.9 Å². The molecule has 6 nitrogen and oxygen atoms in total. The fourth-order valence-electron chi connectivity index (χ4n) is 2.14. The number of amides is 1. The van der Waals surface area contributed by atoms with Crippen molar-refractivity contribution in [2.24, 2.45) is 0 Å². The van der Waals surface area contributed by atoms with Gasteiger partial charge in [-0.2, -0.15) is 0 Å². The van der Waals surface area contributed by atoms with E-state index < -0.39 is 9.84 Å². The summed E-state index contributed by atoms with van der Waals surface area (Å²) in [5.41, 5.74) is 1.18. The zero-order valence-electron chi connectivity index (χ0n) is 11.7. The standard InChI is InChI=1S/C13H19N3O3S/c1-16(2)13(17)12-9-11(3-6-14-12)15-10-4-7-20(18,19)8-5-10/h3,6,9-10H,4-5,7-8H2,1-2H3,(H,14,15). The van der Waals surface area contributed by atoms with Crippen LogP contribution in [0.4, 0.5) is 5.69 Å². The fourth-order valence-corrected chi connectivity index (χ4v) is 3.63. The molecule has 0 aromatic carbocycles. The van der Waals surface area contributed by atoms with Crippen molar-refractivity contribution in [3.63, 3.8) is 0 Å². The van der Waals surface area contributed by atoms with Gasteiger partial charge in [-0.15, -0.1) is 0 Å². The third kappa shape index (κ3) is 3.69. The summed E-state index contributed by atoms with van der Waals surface area (Å²) in [6.07, 6.45) is 2.78. The van der Waals surface area contributed by atoms with E-state index in [-0.39, 0.29) is 23.5 Å². The van der Waals surface area contributed by atoms with Gasteiger partial charge in [0.2, 0.25) is 0 Å². The Morgan fingerprint density at radius 2 is 2.00 bits per heavy atom. The van der Waals surface area contributed by atoms with Crippen LogP contribution < -0.4 is 5.32 Å². The second-order valence-corrected chi connectivity index (χ2v) is 7.50. The van der Waals surface area contributed by atoms with Crippen LogP contribution in [0.2, 0.25) is 0 Å². The lowest BCUT2D eigenvalue weighted by Gasteiger charge is -2.24. The molecule has 1 aliphatic heterocycles. The first-order chi connectivity index (χ1) is 9.37. The third-order valence-electron chi connectivity index (χ3n) is 3.31. The number of sulfone groups is 1. The van der Waals surface area contributed by atoms with E-state index in [1.165, 1.54) is 4.90 Å². The maximum absolute atomic E-state index is 11.8. The minimum absolute atomic E-state index is 0.128. The summed E-state index contributed by atoms with van der Waals surface area (Å²) in [6.45, 7) is 0. The van der Waals surface area contributed by atoms with E-state index in [1.807, 2.05) is 0 Å². The lowest BCUT2D eigenvalue weighted by molar-refractivity contribution is 0.0822. The molecular formula is C13H19N3O3S. The first kappa shape index (κ1) is 14.8. The van der Waals surface area contributed by atoms with E-state index in [9.17, 15) is 13.2 Å². The van der Waals surface area contributed by atoms with Crippen LogP contribution in [-0.4, -0.2) is 55.9 Å². The van der Waals surface area contributed by atoms with Crippen LogP contribution in [0.5, 0.6) is 0 Å². The molecule has 0 radical (unpaired) electrons. The van der Waals surface area contributed by atoms with Crippen LogP contribution in [-0.2, 0) is 9.84 Å². The molecule has 1 aliphatic rings. The maximum Gasteiger partial charge on any atom is 0.272 e. The maximum atomic E-state index is 11.8. The van der Waals surface area contributed by atoms with Gasteiger partial charge in [-0.05, 0) is 25.0 Å². The number of aromatic nitrogens is 1. The minimum atomic E-state index is -2.85. The highest BCUT2D eigenvalue weighted by molar-refractivity contribution is 7.91. The molecule has 7 heteroatoms. The van der Waals surface area contributed by atoms with Crippen molar-refractivity contribution in [1.82, 2.24) is 9.88 Å². The normalized spacial score (nSPS) is 18.5. The number of carbonyl (C=O) groups is 1. The molecule has 20 heavy (non-hydrogen) atoms. The summed E-state index contributed by atoms with van der Waals surface area (Å²) in [6, 6.07) is 3.62. The SMILES string of the molecule is CN(C)C(=O)c1cc(NC2CCS(=O)(=O)CC2)ccn1. The van der Waals surface area contributed by atoms with Crippen molar-refractivity contribution in [3.05, 3.63) is 24.0 Å². The van der Waals surface area contributed by atoms with Gasteiger partial charge in [-0.25, -0.2) is 8.42 Å². The van der Waals surface area contributed by atoms with E-state index in [4.69, 9.17) is 0 Å². The summed E-state index contributed by atoms with van der Waals surface area (Å²) < 4.78 is 22.8. The van der Waals surface area contributed by atoms with Gasteiger partial charge in [0, 0.05) is 32.0 Å². The Morgan fingerprint density at radius 3 is 2.60 bits per heavy atom. The number of anilines is 1. The number of hydrogen-bond acceptors (Lipinski definition) is 5. The van der Waals surface area contributed by atoms with Crippen molar-refractivity contribution in [2.45, 2.75) is 18.9 Å². The predicted octanol–water partition coefficient (Wildman–Crippen LogP) is 0.772. The van der Waals surface area contributed by atoms with Gasteiger partial charge in [0.15, 0.2) is 0 Å². The molecule has 2 heterocycles. The average molecular weight is 297 g/mol. The summed E-state index contributed by atoms with van der Waals surface area (Å²) in [5.74, 6) is 0.290. The molecule has 0 unspecified atom stereocenters. The molecule has 1 N–H and O–H groups in total. The lowest BCUT2D eigenvalue weighted by Crippen LogP contribution is -2.32. The first-order valence-electron chi connectivity index (χ1n) is 6.52. The Labute approximate surface area is 119 Å². The highest BCUT2D eigenvalue weighted by Crippen LogP contribution is 2.18. The topological polar surface area (TPSA) is 79.4 Å². The molecule has 0 aliphatic carbocycles.